The molecular formula is C12H20BrN3O2. The molecule has 0 spiro atoms. The number of aliphatic carboxylic acids is 1. The molecule has 0 saturated carbocycles. The van der Waals surface area contributed by atoms with Crippen molar-refractivity contribution in [3.05, 3.63) is 15.9 Å². The fraction of sp³-hybridized carbons (Fsp3) is 0.667. The molecule has 0 aliphatic rings. The van der Waals surface area contributed by atoms with E-state index >= 15 is 0 Å². The van der Waals surface area contributed by atoms with E-state index in [1.807, 2.05) is 25.5 Å². The van der Waals surface area contributed by atoms with Crippen LogP contribution < -0.4 is 5.32 Å². The summed E-state index contributed by atoms with van der Waals surface area (Å²) in [5, 5.41) is 16.6. The summed E-state index contributed by atoms with van der Waals surface area (Å²) in [5.41, 5.74) is 0.989. The average molecular weight is 318 g/mol. The van der Waals surface area contributed by atoms with Crippen LogP contribution in [-0.2, 0) is 4.79 Å². The van der Waals surface area contributed by atoms with Crippen molar-refractivity contribution in [2.75, 3.05) is 7.05 Å². The first-order chi connectivity index (χ1) is 8.23. The van der Waals surface area contributed by atoms with E-state index in [1.165, 1.54) is 0 Å². The Morgan fingerprint density at radius 1 is 1.61 bits per heavy atom. The monoisotopic (exact) mass is 317 g/mol. The zero-order chi connectivity index (χ0) is 14.1. The third kappa shape index (κ3) is 2.75. The minimum absolute atomic E-state index is 0.00329. The summed E-state index contributed by atoms with van der Waals surface area (Å²) in [6, 6.07) is 0.00329. The molecular weight excluding hydrogens is 298 g/mol. The molecule has 18 heavy (non-hydrogen) atoms. The van der Waals surface area contributed by atoms with Gasteiger partial charge in [-0.2, -0.15) is 5.10 Å². The summed E-state index contributed by atoms with van der Waals surface area (Å²) in [6.45, 7) is 7.56. The van der Waals surface area contributed by atoms with Crippen molar-refractivity contribution in [2.24, 2.45) is 0 Å². The Morgan fingerprint density at radius 2 is 2.17 bits per heavy atom. The molecule has 2 atom stereocenters. The van der Waals surface area contributed by atoms with Gasteiger partial charge in [-0.15, -0.1) is 0 Å². The van der Waals surface area contributed by atoms with Crippen molar-refractivity contribution in [3.63, 3.8) is 0 Å². The standard InChI is InChI=1S/C12H20BrN3O2/c1-7(6-12(4,14-5)11(17)18)16-9(3)10(13)8(2)15-16/h7,14H,6H2,1-5H3,(H,17,18). The number of likely N-dealkylation sites (N-methyl/N-ethyl adjacent to an activating group) is 1. The second-order valence-electron chi connectivity index (χ2n) is 4.87. The highest BCUT2D eigenvalue weighted by Crippen LogP contribution is 2.27. The molecule has 6 heteroatoms. The van der Waals surface area contributed by atoms with Gasteiger partial charge in [0.25, 0.3) is 0 Å². The Labute approximate surface area is 116 Å². The summed E-state index contributed by atoms with van der Waals surface area (Å²) in [5.74, 6) is -0.850. The number of halogens is 1. The first kappa shape index (κ1) is 15.2. The number of rotatable bonds is 5. The number of carbonyl (C=O) groups is 1. The van der Waals surface area contributed by atoms with Gasteiger partial charge in [0.2, 0.25) is 0 Å². The van der Waals surface area contributed by atoms with E-state index < -0.39 is 11.5 Å². The molecule has 102 valence electrons. The SMILES string of the molecule is CNC(C)(CC(C)n1nc(C)c(Br)c1C)C(=O)O. The number of carboxylic acids is 1. The molecule has 0 aliphatic heterocycles. The Hall–Kier alpha value is -0.880. The number of aryl methyl sites for hydroxylation is 1. The van der Waals surface area contributed by atoms with E-state index in [2.05, 4.69) is 26.3 Å². The van der Waals surface area contributed by atoms with Gasteiger partial charge in [0.1, 0.15) is 5.54 Å². The van der Waals surface area contributed by atoms with Gasteiger partial charge in [-0.1, -0.05) is 0 Å². The highest BCUT2D eigenvalue weighted by atomic mass is 79.9. The van der Waals surface area contributed by atoms with Crippen molar-refractivity contribution >= 4 is 21.9 Å². The molecule has 1 heterocycles. The van der Waals surface area contributed by atoms with Crippen molar-refractivity contribution in [3.8, 4) is 0 Å². The predicted molar refractivity (Wildman–Crippen MR) is 73.8 cm³/mol. The van der Waals surface area contributed by atoms with Crippen LogP contribution in [0.4, 0.5) is 0 Å². The largest absolute Gasteiger partial charge is 0.480 e. The highest BCUT2D eigenvalue weighted by molar-refractivity contribution is 9.10. The molecule has 1 aromatic rings. The number of aromatic nitrogens is 2. The summed E-state index contributed by atoms with van der Waals surface area (Å²) < 4.78 is 2.86. The topological polar surface area (TPSA) is 67.2 Å². The number of carboxylic acid groups (broad SMARTS) is 1. The Morgan fingerprint density at radius 3 is 2.50 bits per heavy atom. The van der Waals surface area contributed by atoms with Crippen LogP contribution in [0.15, 0.2) is 4.47 Å². The minimum Gasteiger partial charge on any atom is -0.480 e. The molecule has 0 radical (unpaired) electrons. The van der Waals surface area contributed by atoms with Crippen LogP contribution in [0.3, 0.4) is 0 Å². The van der Waals surface area contributed by atoms with Gasteiger partial charge in [0.05, 0.1) is 21.9 Å². The number of hydrogen-bond donors (Lipinski definition) is 2. The van der Waals surface area contributed by atoms with E-state index in [0.29, 0.717) is 6.42 Å². The molecule has 0 aromatic carbocycles. The number of nitrogens with zero attached hydrogens (tertiary/aromatic N) is 2. The molecule has 1 rings (SSSR count). The Bertz CT molecular complexity index is 458. The van der Waals surface area contributed by atoms with Gasteiger partial charge >= 0.3 is 5.97 Å². The third-order valence-electron chi connectivity index (χ3n) is 3.38. The van der Waals surface area contributed by atoms with E-state index in [1.54, 1.807) is 14.0 Å². The summed E-state index contributed by atoms with van der Waals surface area (Å²) in [4.78, 5) is 11.3. The van der Waals surface area contributed by atoms with Gasteiger partial charge in [0, 0.05) is 0 Å². The molecule has 5 nitrogen and oxygen atoms in total. The lowest BCUT2D eigenvalue weighted by molar-refractivity contribution is -0.144. The molecule has 2 unspecified atom stereocenters. The molecule has 0 amide bonds. The van der Waals surface area contributed by atoms with Crippen LogP contribution in [0.1, 0.15) is 37.7 Å². The summed E-state index contributed by atoms with van der Waals surface area (Å²) in [6.07, 6.45) is 0.466. The van der Waals surface area contributed by atoms with Gasteiger partial charge in [-0.05, 0) is 57.1 Å². The first-order valence-corrected chi connectivity index (χ1v) is 6.65. The van der Waals surface area contributed by atoms with Crippen molar-refractivity contribution in [2.45, 2.75) is 45.7 Å². The molecule has 0 aliphatic carbocycles. The fourth-order valence-electron chi connectivity index (χ4n) is 2.05. The summed E-state index contributed by atoms with van der Waals surface area (Å²) in [7, 11) is 1.66. The van der Waals surface area contributed by atoms with Crippen LogP contribution in [0.5, 0.6) is 0 Å². The normalized spacial score (nSPS) is 16.3. The predicted octanol–water partition coefficient (Wildman–Crippen LogP) is 2.28. The van der Waals surface area contributed by atoms with E-state index in [0.717, 1.165) is 15.9 Å². The van der Waals surface area contributed by atoms with E-state index in [4.69, 9.17) is 0 Å². The number of hydrogen-bond acceptors (Lipinski definition) is 3. The molecule has 0 saturated heterocycles. The highest BCUT2D eigenvalue weighted by Gasteiger charge is 2.34. The van der Waals surface area contributed by atoms with Crippen LogP contribution in [-0.4, -0.2) is 33.4 Å². The Balaban J connectivity index is 2.98. The average Bonchev–Trinajstić information content (AvgIpc) is 2.56. The lowest BCUT2D eigenvalue weighted by Crippen LogP contribution is -2.48. The quantitative estimate of drug-likeness (QED) is 0.874. The lowest BCUT2D eigenvalue weighted by Gasteiger charge is -2.28. The maximum Gasteiger partial charge on any atom is 0.323 e. The van der Waals surface area contributed by atoms with Crippen molar-refractivity contribution < 1.29 is 9.90 Å². The van der Waals surface area contributed by atoms with E-state index in [-0.39, 0.29) is 6.04 Å². The zero-order valence-corrected chi connectivity index (χ0v) is 13.0. The second kappa shape index (κ2) is 5.40. The van der Waals surface area contributed by atoms with Crippen LogP contribution in [0, 0.1) is 13.8 Å². The summed E-state index contributed by atoms with van der Waals surface area (Å²) >= 11 is 3.48. The minimum atomic E-state index is -0.946. The maximum absolute atomic E-state index is 11.3. The molecule has 0 fully saturated rings. The lowest BCUT2D eigenvalue weighted by atomic mass is 9.94. The molecule has 1 aromatic heterocycles. The van der Waals surface area contributed by atoms with Crippen LogP contribution >= 0.6 is 15.9 Å². The smallest absolute Gasteiger partial charge is 0.323 e. The molecule has 2 N–H and O–H groups in total. The van der Waals surface area contributed by atoms with E-state index in [9.17, 15) is 9.90 Å². The van der Waals surface area contributed by atoms with Crippen LogP contribution in [0.25, 0.3) is 0 Å². The zero-order valence-electron chi connectivity index (χ0n) is 11.4. The van der Waals surface area contributed by atoms with Gasteiger partial charge in [-0.25, -0.2) is 0 Å². The molecule has 0 bridgehead atoms. The van der Waals surface area contributed by atoms with Gasteiger partial charge in [0.15, 0.2) is 0 Å². The number of nitrogens with one attached hydrogen (secondary N) is 1. The van der Waals surface area contributed by atoms with Gasteiger partial charge < -0.3 is 10.4 Å². The first-order valence-electron chi connectivity index (χ1n) is 5.86. The third-order valence-corrected chi connectivity index (χ3v) is 4.53. The van der Waals surface area contributed by atoms with Crippen molar-refractivity contribution in [1.29, 1.82) is 0 Å². The Kier molecular flexibility index (Phi) is 4.55. The van der Waals surface area contributed by atoms with Crippen LogP contribution in [0.2, 0.25) is 0 Å². The fourth-order valence-corrected chi connectivity index (χ4v) is 2.31. The maximum atomic E-state index is 11.3. The van der Waals surface area contributed by atoms with Crippen molar-refractivity contribution in [1.82, 2.24) is 15.1 Å². The van der Waals surface area contributed by atoms with Gasteiger partial charge in [-0.3, -0.25) is 9.48 Å². The second-order valence-corrected chi connectivity index (χ2v) is 5.66.